The summed E-state index contributed by atoms with van der Waals surface area (Å²) >= 11 is 0. The number of rotatable bonds is 17. The molecule has 1 unspecified atom stereocenters. The minimum absolute atomic E-state index is 0.0131. The molecule has 0 aliphatic heterocycles. The van der Waals surface area contributed by atoms with E-state index in [4.69, 9.17) is 10.5 Å². The number of ether oxygens (including phenoxy) is 1. The second-order valence-electron chi connectivity index (χ2n) is 13.7. The third kappa shape index (κ3) is 13.4. The van der Waals surface area contributed by atoms with Gasteiger partial charge in [0, 0.05) is 12.3 Å². The highest BCUT2D eigenvalue weighted by Crippen LogP contribution is 2.21. The Kier molecular flexibility index (Phi) is 14.8. The van der Waals surface area contributed by atoms with E-state index in [-0.39, 0.29) is 25.2 Å². The number of alkyl carbamates (subject to hydrolysis) is 1. The maximum absolute atomic E-state index is 14.1. The first kappa shape index (κ1) is 38.7. The Hall–Kier alpha value is -4.70. The largest absolute Gasteiger partial charge is 0.444 e. The maximum Gasteiger partial charge on any atom is 0.407 e. The number of carbonyl (C=O) groups is 4. The van der Waals surface area contributed by atoms with Crippen molar-refractivity contribution >= 4 is 23.8 Å². The van der Waals surface area contributed by atoms with Gasteiger partial charge < -0.3 is 31.5 Å². The summed E-state index contributed by atoms with van der Waals surface area (Å²) in [6.45, 7) is 9.03. The molecule has 0 fully saturated rings. The normalized spacial score (nSPS) is 15.1. The molecule has 0 aliphatic rings. The van der Waals surface area contributed by atoms with E-state index in [0.29, 0.717) is 12.8 Å². The van der Waals surface area contributed by atoms with Gasteiger partial charge in [-0.3, -0.25) is 14.4 Å². The highest BCUT2D eigenvalue weighted by molar-refractivity contribution is 5.92. The van der Waals surface area contributed by atoms with Crippen molar-refractivity contribution in [2.45, 2.75) is 96.6 Å². The number of aliphatic hydroxyl groups excluding tert-OH is 1. The molecule has 0 aromatic heterocycles. The molecule has 0 bridgehead atoms. The molecule has 0 aliphatic carbocycles. The standard InChI is InChI=1S/C39H52N4O6/c1-6-26(2)34(37(47)41-32(35(40)45)24-29-20-14-9-15-21-29)43-36(46)30(22-27-16-10-7-11-17-27)25-33(44)31(23-28-18-12-8-13-19-28)42-38(48)49-39(3,4)5/h7-21,26,30-34,44H,6,22-25H2,1-5H3,(H2,40,45)(H,41,47)(H,42,48)(H,43,46)/t26?,30-,31+,32+,33+,34+/m1/s1. The molecule has 6 atom stereocenters. The van der Waals surface area contributed by atoms with Gasteiger partial charge in [-0.2, -0.15) is 0 Å². The lowest BCUT2D eigenvalue weighted by molar-refractivity contribution is -0.134. The first-order valence-electron chi connectivity index (χ1n) is 16.9. The lowest BCUT2D eigenvalue weighted by atomic mass is 9.88. The van der Waals surface area contributed by atoms with Gasteiger partial charge >= 0.3 is 6.09 Å². The van der Waals surface area contributed by atoms with Gasteiger partial charge in [0.25, 0.3) is 0 Å². The monoisotopic (exact) mass is 672 g/mol. The van der Waals surface area contributed by atoms with Crippen LogP contribution in [0, 0.1) is 11.8 Å². The van der Waals surface area contributed by atoms with Crippen LogP contribution in [0.15, 0.2) is 91.0 Å². The summed E-state index contributed by atoms with van der Waals surface area (Å²) in [6, 6.07) is 25.4. The van der Waals surface area contributed by atoms with E-state index >= 15 is 0 Å². The Morgan fingerprint density at radius 1 is 0.735 bits per heavy atom. The molecule has 10 nitrogen and oxygen atoms in total. The van der Waals surface area contributed by atoms with Gasteiger partial charge in [-0.05, 0) is 62.6 Å². The number of nitrogens with two attached hydrogens (primary N) is 1. The average Bonchev–Trinajstić information content (AvgIpc) is 3.06. The Balaban J connectivity index is 1.86. The van der Waals surface area contributed by atoms with E-state index in [1.807, 2.05) is 105 Å². The van der Waals surface area contributed by atoms with Crippen LogP contribution in [0.3, 0.4) is 0 Å². The second-order valence-corrected chi connectivity index (χ2v) is 13.7. The molecule has 0 saturated carbocycles. The maximum atomic E-state index is 14.1. The van der Waals surface area contributed by atoms with Crippen molar-refractivity contribution in [1.29, 1.82) is 0 Å². The fraction of sp³-hybridized carbons (Fsp3) is 0.436. The zero-order valence-electron chi connectivity index (χ0n) is 29.2. The lowest BCUT2D eigenvalue weighted by Gasteiger charge is -2.31. The minimum atomic E-state index is -1.15. The molecular formula is C39H52N4O6. The Labute approximate surface area is 290 Å². The summed E-state index contributed by atoms with van der Waals surface area (Å²) in [5.41, 5.74) is 7.52. The number of carbonyl (C=O) groups excluding carboxylic acids is 4. The molecule has 6 N–H and O–H groups in total. The number of nitrogens with one attached hydrogen (secondary N) is 3. The smallest absolute Gasteiger partial charge is 0.407 e. The number of benzene rings is 3. The van der Waals surface area contributed by atoms with Gasteiger partial charge in [0.1, 0.15) is 17.7 Å². The fourth-order valence-corrected chi connectivity index (χ4v) is 5.55. The zero-order valence-corrected chi connectivity index (χ0v) is 29.2. The van der Waals surface area contributed by atoms with Crippen LogP contribution in [-0.4, -0.2) is 58.8 Å². The molecule has 4 amide bonds. The van der Waals surface area contributed by atoms with Crippen LogP contribution < -0.4 is 21.7 Å². The molecule has 49 heavy (non-hydrogen) atoms. The number of amides is 4. The van der Waals surface area contributed by atoms with Crippen molar-refractivity contribution in [3.8, 4) is 0 Å². The van der Waals surface area contributed by atoms with Crippen molar-refractivity contribution in [3.63, 3.8) is 0 Å². The van der Waals surface area contributed by atoms with Gasteiger partial charge in [0.2, 0.25) is 17.7 Å². The average molecular weight is 673 g/mol. The quantitative estimate of drug-likeness (QED) is 0.142. The van der Waals surface area contributed by atoms with Crippen LogP contribution >= 0.6 is 0 Å². The molecule has 3 aromatic rings. The van der Waals surface area contributed by atoms with Crippen molar-refractivity contribution in [2.75, 3.05) is 0 Å². The van der Waals surface area contributed by atoms with E-state index in [9.17, 15) is 24.3 Å². The topological polar surface area (TPSA) is 160 Å². The summed E-state index contributed by atoms with van der Waals surface area (Å²) in [5.74, 6) is -2.69. The second kappa shape index (κ2) is 18.7. The third-order valence-electron chi connectivity index (χ3n) is 8.42. The molecule has 264 valence electrons. The highest BCUT2D eigenvalue weighted by Gasteiger charge is 2.34. The summed E-state index contributed by atoms with van der Waals surface area (Å²) in [7, 11) is 0. The number of hydrogen-bond acceptors (Lipinski definition) is 6. The van der Waals surface area contributed by atoms with Crippen molar-refractivity contribution in [3.05, 3.63) is 108 Å². The summed E-state index contributed by atoms with van der Waals surface area (Å²) in [6.07, 6.45) is -0.475. The molecular weight excluding hydrogens is 620 g/mol. The van der Waals surface area contributed by atoms with E-state index in [2.05, 4.69) is 16.0 Å². The third-order valence-corrected chi connectivity index (χ3v) is 8.42. The van der Waals surface area contributed by atoms with Gasteiger partial charge in [-0.1, -0.05) is 111 Å². The van der Waals surface area contributed by atoms with Crippen LogP contribution in [0.1, 0.15) is 64.2 Å². The van der Waals surface area contributed by atoms with Crippen LogP contribution in [-0.2, 0) is 38.4 Å². The Bertz CT molecular complexity index is 1480. The van der Waals surface area contributed by atoms with Gasteiger partial charge in [0.15, 0.2) is 0 Å². The van der Waals surface area contributed by atoms with E-state index in [1.54, 1.807) is 20.8 Å². The molecule has 10 heteroatoms. The number of primary amides is 1. The summed E-state index contributed by atoms with van der Waals surface area (Å²) < 4.78 is 5.49. The molecule has 3 rings (SSSR count). The molecule has 3 aromatic carbocycles. The number of aliphatic hydroxyl groups is 1. The molecule has 0 heterocycles. The molecule has 0 saturated heterocycles. The summed E-state index contributed by atoms with van der Waals surface area (Å²) in [4.78, 5) is 53.0. The van der Waals surface area contributed by atoms with E-state index in [1.165, 1.54) is 0 Å². The van der Waals surface area contributed by atoms with Crippen LogP contribution in [0.4, 0.5) is 4.79 Å². The fourth-order valence-electron chi connectivity index (χ4n) is 5.55. The Morgan fingerprint density at radius 3 is 1.69 bits per heavy atom. The molecule has 0 spiro atoms. The van der Waals surface area contributed by atoms with E-state index in [0.717, 1.165) is 16.7 Å². The van der Waals surface area contributed by atoms with Crippen molar-refractivity contribution in [1.82, 2.24) is 16.0 Å². The predicted octanol–water partition coefficient (Wildman–Crippen LogP) is 4.48. The van der Waals surface area contributed by atoms with Crippen LogP contribution in [0.2, 0.25) is 0 Å². The van der Waals surface area contributed by atoms with Gasteiger partial charge in [-0.25, -0.2) is 4.79 Å². The van der Waals surface area contributed by atoms with Crippen molar-refractivity contribution < 1.29 is 29.0 Å². The van der Waals surface area contributed by atoms with E-state index < -0.39 is 59.6 Å². The van der Waals surface area contributed by atoms with Crippen molar-refractivity contribution in [2.24, 2.45) is 17.6 Å². The number of hydrogen-bond donors (Lipinski definition) is 5. The van der Waals surface area contributed by atoms with Crippen LogP contribution in [0.25, 0.3) is 0 Å². The highest BCUT2D eigenvalue weighted by atomic mass is 16.6. The van der Waals surface area contributed by atoms with Gasteiger partial charge in [-0.15, -0.1) is 0 Å². The summed E-state index contributed by atoms with van der Waals surface area (Å²) in [5, 5.41) is 20.2. The Morgan fingerprint density at radius 2 is 1.22 bits per heavy atom. The van der Waals surface area contributed by atoms with Crippen LogP contribution in [0.5, 0.6) is 0 Å². The minimum Gasteiger partial charge on any atom is -0.444 e. The lowest BCUT2D eigenvalue weighted by Crippen LogP contribution is -2.56. The zero-order chi connectivity index (χ0) is 36.0. The first-order valence-corrected chi connectivity index (χ1v) is 16.9. The molecule has 0 radical (unpaired) electrons. The first-order chi connectivity index (χ1) is 23.3. The SMILES string of the molecule is CCC(C)[C@H](NC(=O)[C@H](Cc1ccccc1)C[C@H](O)[C@H](Cc1ccccc1)NC(=O)OC(C)(C)C)C(=O)N[C@@H](Cc1ccccc1)C(N)=O. The van der Waals surface area contributed by atoms with Gasteiger partial charge in [0.05, 0.1) is 12.1 Å². The predicted molar refractivity (Wildman–Crippen MR) is 190 cm³/mol.